The normalized spacial score (nSPS) is 12.4. The van der Waals surface area contributed by atoms with Gasteiger partial charge in [0, 0.05) is 6.61 Å². The molecule has 0 bridgehead atoms. The second-order valence-corrected chi connectivity index (χ2v) is 12.2. The summed E-state index contributed by atoms with van der Waals surface area (Å²) in [6, 6.07) is 0. The molecule has 0 rings (SSSR count). The molecule has 0 fully saturated rings. The van der Waals surface area contributed by atoms with Gasteiger partial charge in [0.1, 0.15) is 0 Å². The highest BCUT2D eigenvalue weighted by molar-refractivity contribution is 4.60. The highest BCUT2D eigenvalue weighted by Gasteiger charge is 2.07. The van der Waals surface area contributed by atoms with Gasteiger partial charge < -0.3 is 5.11 Å². The van der Waals surface area contributed by atoms with E-state index in [2.05, 4.69) is 13.8 Å². The van der Waals surface area contributed by atoms with Crippen molar-refractivity contribution in [2.24, 2.45) is 5.92 Å². The molecule has 0 aliphatic heterocycles. The number of aliphatic hydroxyl groups is 1. The van der Waals surface area contributed by atoms with E-state index in [0.29, 0.717) is 12.5 Å². The maximum atomic E-state index is 9.73. The molecule has 0 aliphatic rings. The third-order valence-electron chi connectivity index (χ3n) is 8.44. The number of hydrogen-bond acceptors (Lipinski definition) is 1. The summed E-state index contributed by atoms with van der Waals surface area (Å²) in [5.41, 5.74) is 0. The Morgan fingerprint density at radius 1 is 0.306 bits per heavy atom. The predicted octanol–water partition coefficient (Wildman–Crippen LogP) is 12.7. The molecule has 1 atom stereocenters. The van der Waals surface area contributed by atoms with Crippen LogP contribution in [-0.4, -0.2) is 11.7 Å². The van der Waals surface area contributed by atoms with Gasteiger partial charge in [0.05, 0.1) is 0 Å². The molecule has 1 N–H and O–H groups in total. The SMILES string of the molecule is CCCCCCCCCCCCCCCCCCCCC(CO)CCCCCCCCCCCCC. The fraction of sp³-hybridized carbons (Fsp3) is 1.00. The Hall–Kier alpha value is -0.0400. The van der Waals surface area contributed by atoms with Crippen LogP contribution in [-0.2, 0) is 0 Å². The molecular formula is C35H72O. The van der Waals surface area contributed by atoms with E-state index in [1.807, 2.05) is 0 Å². The van der Waals surface area contributed by atoms with Crippen molar-refractivity contribution in [3.8, 4) is 0 Å². The Balaban J connectivity index is 3.24. The van der Waals surface area contributed by atoms with Crippen LogP contribution in [0.4, 0.5) is 0 Å². The highest BCUT2D eigenvalue weighted by Crippen LogP contribution is 2.20. The van der Waals surface area contributed by atoms with Crippen molar-refractivity contribution in [1.29, 1.82) is 0 Å². The van der Waals surface area contributed by atoms with Crippen molar-refractivity contribution in [2.45, 2.75) is 213 Å². The van der Waals surface area contributed by atoms with Crippen LogP contribution in [0.1, 0.15) is 213 Å². The minimum atomic E-state index is 0.413. The van der Waals surface area contributed by atoms with Crippen molar-refractivity contribution < 1.29 is 5.11 Å². The summed E-state index contributed by atoms with van der Waals surface area (Å²) >= 11 is 0. The third-order valence-corrected chi connectivity index (χ3v) is 8.44. The van der Waals surface area contributed by atoms with E-state index in [1.165, 1.54) is 199 Å². The monoisotopic (exact) mass is 509 g/mol. The minimum absolute atomic E-state index is 0.413. The summed E-state index contributed by atoms with van der Waals surface area (Å²) in [6.07, 6.45) is 44.0. The maximum Gasteiger partial charge on any atom is 0.0459 e. The fourth-order valence-corrected chi connectivity index (χ4v) is 5.76. The van der Waals surface area contributed by atoms with Crippen LogP contribution in [0, 0.1) is 5.92 Å². The van der Waals surface area contributed by atoms with Crippen molar-refractivity contribution in [2.75, 3.05) is 6.61 Å². The fourth-order valence-electron chi connectivity index (χ4n) is 5.76. The van der Waals surface area contributed by atoms with Crippen LogP contribution < -0.4 is 0 Å². The summed E-state index contributed by atoms with van der Waals surface area (Å²) in [6.45, 7) is 5.01. The molecule has 0 heterocycles. The molecule has 1 unspecified atom stereocenters. The summed E-state index contributed by atoms with van der Waals surface area (Å²) in [7, 11) is 0. The van der Waals surface area contributed by atoms with E-state index in [-0.39, 0.29) is 0 Å². The van der Waals surface area contributed by atoms with E-state index in [4.69, 9.17) is 0 Å². The van der Waals surface area contributed by atoms with Gasteiger partial charge in [0.25, 0.3) is 0 Å². The molecular weight excluding hydrogens is 436 g/mol. The van der Waals surface area contributed by atoms with Gasteiger partial charge in [0.2, 0.25) is 0 Å². The van der Waals surface area contributed by atoms with Gasteiger partial charge in [-0.15, -0.1) is 0 Å². The highest BCUT2D eigenvalue weighted by atomic mass is 16.3. The molecule has 0 amide bonds. The Kier molecular flexibility index (Phi) is 33.0. The van der Waals surface area contributed by atoms with Crippen LogP contribution in [0.2, 0.25) is 0 Å². The van der Waals surface area contributed by atoms with Crippen molar-refractivity contribution in [1.82, 2.24) is 0 Å². The lowest BCUT2D eigenvalue weighted by Crippen LogP contribution is -2.06. The number of aliphatic hydroxyl groups excluding tert-OH is 1. The molecule has 0 saturated heterocycles. The lowest BCUT2D eigenvalue weighted by Gasteiger charge is -2.13. The second kappa shape index (κ2) is 33.0. The smallest absolute Gasteiger partial charge is 0.0459 e. The van der Waals surface area contributed by atoms with E-state index in [0.717, 1.165) is 0 Å². The van der Waals surface area contributed by atoms with Crippen molar-refractivity contribution in [3.63, 3.8) is 0 Å². The van der Waals surface area contributed by atoms with E-state index < -0.39 is 0 Å². The van der Waals surface area contributed by atoms with E-state index in [1.54, 1.807) is 0 Å². The van der Waals surface area contributed by atoms with Crippen LogP contribution in [0.25, 0.3) is 0 Å². The van der Waals surface area contributed by atoms with Crippen molar-refractivity contribution in [3.05, 3.63) is 0 Å². The summed E-state index contributed by atoms with van der Waals surface area (Å²) < 4.78 is 0. The molecule has 218 valence electrons. The molecule has 0 aromatic rings. The van der Waals surface area contributed by atoms with Gasteiger partial charge in [-0.3, -0.25) is 0 Å². The average molecular weight is 509 g/mol. The molecule has 0 radical (unpaired) electrons. The average Bonchev–Trinajstić information content (AvgIpc) is 2.89. The van der Waals surface area contributed by atoms with Gasteiger partial charge >= 0.3 is 0 Å². The first kappa shape index (κ1) is 36.0. The summed E-state index contributed by atoms with van der Waals surface area (Å²) in [4.78, 5) is 0. The number of hydrogen-bond donors (Lipinski definition) is 1. The lowest BCUT2D eigenvalue weighted by molar-refractivity contribution is 0.204. The number of rotatable bonds is 32. The first-order valence-corrected chi connectivity index (χ1v) is 17.5. The van der Waals surface area contributed by atoms with Crippen LogP contribution in [0.15, 0.2) is 0 Å². The minimum Gasteiger partial charge on any atom is -0.396 e. The molecule has 0 spiro atoms. The Bertz CT molecular complexity index is 366. The largest absolute Gasteiger partial charge is 0.396 e. The molecule has 0 aromatic heterocycles. The topological polar surface area (TPSA) is 20.2 Å². The lowest BCUT2D eigenvalue weighted by atomic mass is 9.94. The molecule has 0 aromatic carbocycles. The van der Waals surface area contributed by atoms with Crippen LogP contribution >= 0.6 is 0 Å². The predicted molar refractivity (Wildman–Crippen MR) is 165 cm³/mol. The van der Waals surface area contributed by atoms with E-state index >= 15 is 0 Å². The Morgan fingerprint density at radius 3 is 0.694 bits per heavy atom. The third kappa shape index (κ3) is 30.2. The van der Waals surface area contributed by atoms with Gasteiger partial charge in [-0.05, 0) is 18.8 Å². The quantitative estimate of drug-likeness (QED) is 0.0895. The summed E-state index contributed by atoms with van der Waals surface area (Å²) in [5.74, 6) is 0.574. The summed E-state index contributed by atoms with van der Waals surface area (Å²) in [5, 5.41) is 9.73. The van der Waals surface area contributed by atoms with Crippen LogP contribution in [0.3, 0.4) is 0 Å². The molecule has 36 heavy (non-hydrogen) atoms. The van der Waals surface area contributed by atoms with Gasteiger partial charge in [-0.2, -0.15) is 0 Å². The Labute approximate surface area is 230 Å². The number of unbranched alkanes of at least 4 members (excludes halogenated alkanes) is 27. The molecule has 1 heteroatoms. The second-order valence-electron chi connectivity index (χ2n) is 12.2. The zero-order chi connectivity index (χ0) is 26.2. The van der Waals surface area contributed by atoms with Crippen molar-refractivity contribution >= 4 is 0 Å². The molecule has 0 aliphatic carbocycles. The zero-order valence-corrected chi connectivity index (χ0v) is 25.7. The first-order chi connectivity index (χ1) is 17.8. The maximum absolute atomic E-state index is 9.73. The first-order valence-electron chi connectivity index (χ1n) is 17.5. The van der Waals surface area contributed by atoms with Gasteiger partial charge in [-0.25, -0.2) is 0 Å². The Morgan fingerprint density at radius 2 is 0.500 bits per heavy atom. The zero-order valence-electron chi connectivity index (χ0n) is 25.7. The van der Waals surface area contributed by atoms with Gasteiger partial charge in [-0.1, -0.05) is 200 Å². The van der Waals surface area contributed by atoms with E-state index in [9.17, 15) is 5.11 Å². The molecule has 0 saturated carbocycles. The molecule has 1 nitrogen and oxygen atoms in total. The standard InChI is InChI=1S/C35H72O/c1-3-5-7-9-11-13-15-16-17-18-19-20-21-23-25-27-29-31-33-35(34-36)32-30-28-26-24-22-14-12-10-8-6-4-2/h35-36H,3-34H2,1-2H3. The van der Waals surface area contributed by atoms with Gasteiger partial charge in [0.15, 0.2) is 0 Å². The van der Waals surface area contributed by atoms with Crippen LogP contribution in [0.5, 0.6) is 0 Å².